The molecule has 7 nitrogen and oxygen atoms in total. The number of nitrogens with one attached hydrogen (secondary N) is 1. The Morgan fingerprint density at radius 1 is 1.10 bits per heavy atom. The van der Waals surface area contributed by atoms with E-state index >= 15 is 0 Å². The van der Waals surface area contributed by atoms with Crippen LogP contribution >= 0.6 is 0 Å². The van der Waals surface area contributed by atoms with E-state index in [-0.39, 0.29) is 41.3 Å². The van der Waals surface area contributed by atoms with Crippen LogP contribution < -0.4 is 5.32 Å². The van der Waals surface area contributed by atoms with Gasteiger partial charge in [0, 0.05) is 13.3 Å². The number of ketones is 1. The molecule has 1 aliphatic heterocycles. The summed E-state index contributed by atoms with van der Waals surface area (Å²) in [5.41, 5.74) is 4.07. The summed E-state index contributed by atoms with van der Waals surface area (Å²) in [6.45, 7) is 11.9. The highest BCUT2D eigenvalue weighted by Crippen LogP contribution is 2.38. The highest BCUT2D eigenvalue weighted by Gasteiger charge is 2.49. The third-order valence-corrected chi connectivity index (χ3v) is 7.83. The van der Waals surface area contributed by atoms with Crippen LogP contribution in [-0.4, -0.2) is 39.6 Å². The second kappa shape index (κ2) is 10.2. The fourth-order valence-corrected chi connectivity index (χ4v) is 6.22. The van der Waals surface area contributed by atoms with E-state index in [9.17, 15) is 14.4 Å². The number of hydrogen-bond donors (Lipinski definition) is 1. The average Bonchev–Trinajstić information content (AvgIpc) is 3.43. The van der Waals surface area contributed by atoms with E-state index in [0.717, 1.165) is 12.8 Å². The van der Waals surface area contributed by atoms with Crippen LogP contribution in [0.3, 0.4) is 0 Å². The maximum atomic E-state index is 14.5. The molecule has 2 aliphatic rings. The van der Waals surface area contributed by atoms with Crippen molar-refractivity contribution < 1.29 is 18.8 Å². The number of aromatic nitrogens is 1. The number of amides is 2. The van der Waals surface area contributed by atoms with Crippen LogP contribution in [0, 0.1) is 24.2 Å². The number of piperazine rings is 1. The summed E-state index contributed by atoms with van der Waals surface area (Å²) in [5.74, 6) is 0.194. The van der Waals surface area contributed by atoms with Crippen LogP contribution in [0.5, 0.6) is 0 Å². The number of fused-ring (bicyclic) bond motifs is 2. The summed E-state index contributed by atoms with van der Waals surface area (Å²) in [5, 5.41) is 3.09. The topological polar surface area (TPSA) is 92.5 Å². The predicted molar refractivity (Wildman–Crippen MR) is 150 cm³/mol. The van der Waals surface area contributed by atoms with Gasteiger partial charge in [-0.3, -0.25) is 14.4 Å². The van der Waals surface area contributed by atoms with E-state index in [2.05, 4.69) is 22.4 Å². The molecule has 0 unspecified atom stereocenters. The highest BCUT2D eigenvalue weighted by atomic mass is 16.3. The molecule has 0 spiro atoms. The van der Waals surface area contributed by atoms with Gasteiger partial charge in [-0.1, -0.05) is 65.0 Å². The number of aryl methyl sites for hydroxylation is 1. The van der Waals surface area contributed by atoms with Gasteiger partial charge in [0.05, 0.1) is 0 Å². The average molecular weight is 530 g/mol. The summed E-state index contributed by atoms with van der Waals surface area (Å²) in [6.07, 6.45) is 2.19. The van der Waals surface area contributed by atoms with Crippen LogP contribution in [0.15, 0.2) is 46.9 Å². The molecule has 3 aromatic rings. The summed E-state index contributed by atoms with van der Waals surface area (Å²) in [6, 6.07) is 11.4. The van der Waals surface area contributed by atoms with Gasteiger partial charge >= 0.3 is 0 Å². The highest BCUT2D eigenvalue weighted by molar-refractivity contribution is 6.01. The maximum absolute atomic E-state index is 14.5. The molecular weight excluding hydrogens is 490 g/mol. The Bertz CT molecular complexity index is 1390. The molecule has 206 valence electrons. The zero-order chi connectivity index (χ0) is 28.1. The molecule has 3 atom stereocenters. The lowest BCUT2D eigenvalue weighted by atomic mass is 9.83. The zero-order valence-electron chi connectivity index (χ0n) is 23.8. The molecule has 1 aliphatic carbocycles. The van der Waals surface area contributed by atoms with Gasteiger partial charge in [0.2, 0.25) is 11.8 Å². The van der Waals surface area contributed by atoms with Gasteiger partial charge in [-0.2, -0.15) is 0 Å². The van der Waals surface area contributed by atoms with Crippen LogP contribution in [-0.2, 0) is 27.2 Å². The minimum atomic E-state index is -0.890. The Balaban J connectivity index is 1.59. The minimum absolute atomic E-state index is 0.0552. The number of nitrogens with zero attached hydrogens (tertiary/aromatic N) is 2. The molecule has 1 N–H and O–H groups in total. The largest absolute Gasteiger partial charge is 0.441 e. The van der Waals surface area contributed by atoms with Gasteiger partial charge < -0.3 is 14.6 Å². The van der Waals surface area contributed by atoms with E-state index in [1.807, 2.05) is 58.9 Å². The quantitative estimate of drug-likeness (QED) is 0.446. The number of oxazole rings is 1. The molecule has 1 aromatic heterocycles. The SMILES string of the molecule is Cc1nc2cc([C@H](C(=O)CC(C)(C)C)N3C(=O)[C@@H](C4Cc5ccccc5C4)NC(=O)[C@H]3CC(C)C)ccc2o1. The van der Waals surface area contributed by atoms with Gasteiger partial charge in [-0.15, -0.1) is 0 Å². The van der Waals surface area contributed by atoms with Crippen LogP contribution in [0.4, 0.5) is 0 Å². The molecule has 0 bridgehead atoms. The summed E-state index contributed by atoms with van der Waals surface area (Å²) in [4.78, 5) is 48.4. The second-order valence-corrected chi connectivity index (χ2v) is 12.9. The molecule has 39 heavy (non-hydrogen) atoms. The van der Waals surface area contributed by atoms with Crippen molar-refractivity contribution >= 4 is 28.7 Å². The van der Waals surface area contributed by atoms with Crippen molar-refractivity contribution in [2.75, 3.05) is 0 Å². The zero-order valence-corrected chi connectivity index (χ0v) is 23.8. The van der Waals surface area contributed by atoms with Crippen molar-refractivity contribution in [3.05, 3.63) is 65.0 Å². The van der Waals surface area contributed by atoms with Gasteiger partial charge in [0.25, 0.3) is 0 Å². The molecule has 5 rings (SSSR count). The number of Topliss-reactive ketones (excluding diaryl/α,β-unsaturated/α-hetero) is 1. The summed E-state index contributed by atoms with van der Waals surface area (Å²) < 4.78 is 5.68. The predicted octanol–water partition coefficient (Wildman–Crippen LogP) is 5.34. The second-order valence-electron chi connectivity index (χ2n) is 12.9. The first kappa shape index (κ1) is 27.1. The Kier molecular flexibility index (Phi) is 7.12. The maximum Gasteiger partial charge on any atom is 0.247 e. The van der Waals surface area contributed by atoms with E-state index in [4.69, 9.17) is 4.42 Å². The molecule has 1 saturated heterocycles. The number of benzene rings is 2. The fourth-order valence-electron chi connectivity index (χ4n) is 6.22. The molecule has 7 heteroatoms. The first-order valence-corrected chi connectivity index (χ1v) is 14.0. The van der Waals surface area contributed by atoms with E-state index < -0.39 is 18.1 Å². The Labute approximate surface area is 230 Å². The molecule has 2 amide bonds. The van der Waals surface area contributed by atoms with E-state index in [0.29, 0.717) is 29.0 Å². The fraction of sp³-hybridized carbons (Fsp3) is 0.500. The summed E-state index contributed by atoms with van der Waals surface area (Å²) in [7, 11) is 0. The van der Waals surface area contributed by atoms with Crippen molar-refractivity contribution in [3.63, 3.8) is 0 Å². The number of carbonyl (C=O) groups excluding carboxylic acids is 3. The summed E-state index contributed by atoms with van der Waals surface area (Å²) >= 11 is 0. The van der Waals surface area contributed by atoms with Crippen molar-refractivity contribution in [1.29, 1.82) is 0 Å². The Morgan fingerprint density at radius 3 is 2.38 bits per heavy atom. The van der Waals surface area contributed by atoms with Gasteiger partial charge in [0.15, 0.2) is 17.3 Å². The first-order valence-electron chi connectivity index (χ1n) is 14.0. The number of carbonyl (C=O) groups is 3. The van der Waals surface area contributed by atoms with Gasteiger partial charge in [0.1, 0.15) is 23.6 Å². The lowest BCUT2D eigenvalue weighted by molar-refractivity contribution is -0.157. The minimum Gasteiger partial charge on any atom is -0.441 e. The lowest BCUT2D eigenvalue weighted by Crippen LogP contribution is -2.66. The van der Waals surface area contributed by atoms with Gasteiger partial charge in [-0.25, -0.2) is 4.98 Å². The smallest absolute Gasteiger partial charge is 0.247 e. The lowest BCUT2D eigenvalue weighted by Gasteiger charge is -2.45. The van der Waals surface area contributed by atoms with Crippen molar-refractivity contribution in [3.8, 4) is 0 Å². The third kappa shape index (κ3) is 5.49. The molecule has 2 heterocycles. The van der Waals surface area contributed by atoms with E-state index in [1.165, 1.54) is 11.1 Å². The molecular formula is C32H39N3O4. The Morgan fingerprint density at radius 2 is 1.77 bits per heavy atom. The van der Waals surface area contributed by atoms with Crippen molar-refractivity contribution in [2.45, 2.75) is 85.4 Å². The van der Waals surface area contributed by atoms with Gasteiger partial charge in [-0.05, 0) is 65.3 Å². The van der Waals surface area contributed by atoms with Crippen molar-refractivity contribution in [2.24, 2.45) is 17.3 Å². The normalized spacial score (nSPS) is 20.9. The van der Waals surface area contributed by atoms with Crippen LogP contribution in [0.2, 0.25) is 0 Å². The van der Waals surface area contributed by atoms with Crippen LogP contribution in [0.1, 0.15) is 76.1 Å². The molecule has 1 fully saturated rings. The monoisotopic (exact) mass is 529 g/mol. The number of hydrogen-bond acceptors (Lipinski definition) is 5. The molecule has 0 saturated carbocycles. The third-order valence-electron chi connectivity index (χ3n) is 7.83. The number of rotatable bonds is 7. The van der Waals surface area contributed by atoms with Crippen LogP contribution in [0.25, 0.3) is 11.1 Å². The van der Waals surface area contributed by atoms with Crippen molar-refractivity contribution in [1.82, 2.24) is 15.2 Å². The Hall–Kier alpha value is -3.48. The standard InChI is InChI=1S/C32H39N3O4/c1-18(2)13-25-30(37)34-28(23-14-20-9-7-8-10-21(20)15-23)31(38)35(25)29(26(36)17-32(4,5)6)22-11-12-27-24(16-22)33-19(3)39-27/h7-12,16,18,23,25,28-29H,13-15,17H2,1-6H3,(H,34,37)/t25-,28-,29-/m1/s1. The first-order chi connectivity index (χ1) is 18.4. The molecule has 0 radical (unpaired) electrons. The van der Waals surface area contributed by atoms with E-state index in [1.54, 1.807) is 17.9 Å². The molecule has 2 aromatic carbocycles.